The molecule has 12 heteroatoms. The Labute approximate surface area is 274 Å². The number of aryl methyl sites for hydroxylation is 1. The first-order valence-corrected chi connectivity index (χ1v) is 16.4. The molecule has 4 heterocycles. The lowest BCUT2D eigenvalue weighted by Crippen LogP contribution is -2.53. The lowest BCUT2D eigenvalue weighted by Gasteiger charge is -2.32. The van der Waals surface area contributed by atoms with Gasteiger partial charge in [0.05, 0.1) is 23.2 Å². The van der Waals surface area contributed by atoms with E-state index in [0.717, 1.165) is 34.6 Å². The van der Waals surface area contributed by atoms with Crippen LogP contribution < -0.4 is 15.2 Å². The van der Waals surface area contributed by atoms with Crippen LogP contribution in [0, 0.1) is 18.6 Å². The number of aromatic nitrogens is 2. The van der Waals surface area contributed by atoms with Crippen LogP contribution in [-0.4, -0.2) is 22.0 Å². The number of hydrogen-bond donors (Lipinski definition) is 0. The molecular weight excluding hydrogens is 643 g/mol. The summed E-state index contributed by atoms with van der Waals surface area (Å²) in [6.07, 6.45) is 0. The number of benzene rings is 4. The smallest absolute Gasteiger partial charge is 0.297 e. The van der Waals surface area contributed by atoms with E-state index in [-0.39, 0.29) is 45.5 Å². The monoisotopic (exact) mass is 664 g/mol. The van der Waals surface area contributed by atoms with Crippen molar-refractivity contribution in [3.63, 3.8) is 0 Å². The van der Waals surface area contributed by atoms with E-state index in [1.54, 1.807) is 47.4 Å². The molecule has 2 aliphatic heterocycles. The Morgan fingerprint density at radius 3 is 2.45 bits per heavy atom. The summed E-state index contributed by atoms with van der Waals surface area (Å²) < 4.78 is 35.2. The summed E-state index contributed by atoms with van der Waals surface area (Å²) >= 11 is 2.26. The molecule has 0 saturated carbocycles. The van der Waals surface area contributed by atoms with Crippen LogP contribution in [0.1, 0.15) is 38.4 Å². The van der Waals surface area contributed by atoms with Crippen molar-refractivity contribution in [2.75, 3.05) is 9.80 Å². The number of hydrogen-bond acceptors (Lipinski definition) is 8. The molecule has 47 heavy (non-hydrogen) atoms. The average molecular weight is 665 g/mol. The van der Waals surface area contributed by atoms with Gasteiger partial charge >= 0.3 is 0 Å². The zero-order valence-electron chi connectivity index (χ0n) is 24.6. The van der Waals surface area contributed by atoms with Gasteiger partial charge in [-0.05, 0) is 53.9 Å². The summed E-state index contributed by atoms with van der Waals surface area (Å²) in [5.74, 6) is -2.42. The van der Waals surface area contributed by atoms with Crippen molar-refractivity contribution in [1.82, 2.24) is 10.2 Å². The largest absolute Gasteiger partial charge is 0.450 e. The highest BCUT2D eigenvalue weighted by atomic mass is 32.2. The van der Waals surface area contributed by atoms with E-state index in [4.69, 9.17) is 4.42 Å². The van der Waals surface area contributed by atoms with Crippen molar-refractivity contribution in [3.05, 3.63) is 146 Å². The molecule has 8 rings (SSSR count). The molecule has 1 atom stereocenters. The third kappa shape index (κ3) is 4.35. The van der Waals surface area contributed by atoms with Gasteiger partial charge in [0.2, 0.25) is 10.9 Å². The van der Waals surface area contributed by atoms with Gasteiger partial charge in [0.1, 0.15) is 17.2 Å². The summed E-state index contributed by atoms with van der Waals surface area (Å²) in [6.45, 7) is 2.10. The number of carbonyl (C=O) groups excluding carboxylic acids is 2. The number of nitrogens with zero attached hydrogens (tertiary/aromatic N) is 4. The minimum absolute atomic E-state index is 0.00870. The lowest BCUT2D eigenvalue weighted by atomic mass is 9.84. The van der Waals surface area contributed by atoms with E-state index in [1.165, 1.54) is 28.8 Å². The Kier molecular flexibility index (Phi) is 6.81. The van der Waals surface area contributed by atoms with Gasteiger partial charge in [-0.25, -0.2) is 8.78 Å². The van der Waals surface area contributed by atoms with Crippen LogP contribution in [0.2, 0.25) is 0 Å². The fourth-order valence-electron chi connectivity index (χ4n) is 6.36. The Balaban J connectivity index is 1.33. The quantitative estimate of drug-likeness (QED) is 0.140. The zero-order chi connectivity index (χ0) is 32.4. The van der Waals surface area contributed by atoms with E-state index < -0.39 is 28.6 Å². The van der Waals surface area contributed by atoms with Crippen LogP contribution in [0.4, 0.5) is 19.6 Å². The standard InChI is InChI=1S/C35H22F2N4O4S2/c1-19-8-2-3-9-20(19)17-40-26-13-7-5-11-24(26)35(32(40)44)28-29(42)23-16-22(36)14-15-27(23)45-30(28)31(43)41(35)33-38-39-34(47-33)46-18-21-10-4-6-12-25(21)37/h2-16H,17-18H2,1H3. The summed E-state index contributed by atoms with van der Waals surface area (Å²) in [7, 11) is 0. The Bertz CT molecular complexity index is 2340. The summed E-state index contributed by atoms with van der Waals surface area (Å²) in [6, 6.07) is 24.4. The second-order valence-corrected chi connectivity index (χ2v) is 13.4. The van der Waals surface area contributed by atoms with Crippen LogP contribution in [0.15, 0.2) is 105 Å². The summed E-state index contributed by atoms with van der Waals surface area (Å²) in [4.78, 5) is 46.7. The van der Waals surface area contributed by atoms with Crippen molar-refractivity contribution in [2.45, 2.75) is 29.1 Å². The van der Waals surface area contributed by atoms with Gasteiger partial charge in [-0.1, -0.05) is 83.8 Å². The average Bonchev–Trinajstić information content (AvgIpc) is 3.71. The number of amides is 2. The molecule has 2 amide bonds. The Hall–Kier alpha value is -5.20. The second-order valence-electron chi connectivity index (χ2n) is 11.2. The molecule has 0 fully saturated rings. The molecular formula is C35H22F2N4O4S2. The predicted molar refractivity (Wildman–Crippen MR) is 175 cm³/mol. The highest BCUT2D eigenvalue weighted by molar-refractivity contribution is 8.00. The number of thioether (sulfide) groups is 1. The van der Waals surface area contributed by atoms with E-state index in [9.17, 15) is 18.4 Å². The number of anilines is 2. The third-order valence-corrected chi connectivity index (χ3v) is 10.7. The normalized spacial score (nSPS) is 16.8. The molecule has 6 aromatic rings. The number of fused-ring (bicyclic) bond motifs is 5. The van der Waals surface area contributed by atoms with Crippen LogP contribution in [0.25, 0.3) is 11.0 Å². The molecule has 1 spiro atoms. The molecule has 0 radical (unpaired) electrons. The van der Waals surface area contributed by atoms with Crippen LogP contribution in [-0.2, 0) is 22.6 Å². The summed E-state index contributed by atoms with van der Waals surface area (Å²) in [5, 5.41) is 8.52. The molecule has 0 bridgehead atoms. The first-order valence-electron chi connectivity index (χ1n) is 14.6. The Morgan fingerprint density at radius 2 is 1.64 bits per heavy atom. The van der Waals surface area contributed by atoms with E-state index in [1.807, 2.05) is 31.2 Å². The first-order chi connectivity index (χ1) is 22.8. The molecule has 2 aliphatic rings. The second kappa shape index (κ2) is 11.0. The predicted octanol–water partition coefficient (Wildman–Crippen LogP) is 6.97. The molecule has 8 nitrogen and oxygen atoms in total. The number of carbonyl (C=O) groups is 2. The highest BCUT2D eigenvalue weighted by Gasteiger charge is 2.66. The van der Waals surface area contributed by atoms with Gasteiger partial charge < -0.3 is 9.32 Å². The van der Waals surface area contributed by atoms with E-state index in [0.29, 0.717) is 21.2 Å². The van der Waals surface area contributed by atoms with Gasteiger partial charge in [-0.15, -0.1) is 10.2 Å². The van der Waals surface area contributed by atoms with Crippen LogP contribution >= 0.6 is 23.1 Å². The maximum absolute atomic E-state index is 15.1. The van der Waals surface area contributed by atoms with Crippen molar-refractivity contribution in [1.29, 1.82) is 0 Å². The minimum atomic E-state index is -2.01. The van der Waals surface area contributed by atoms with Gasteiger partial charge in [0.15, 0.2) is 15.3 Å². The Morgan fingerprint density at radius 1 is 0.894 bits per heavy atom. The topological polar surface area (TPSA) is 96.6 Å². The van der Waals surface area contributed by atoms with E-state index in [2.05, 4.69) is 10.2 Å². The maximum Gasteiger partial charge on any atom is 0.297 e. The van der Waals surface area contributed by atoms with Gasteiger partial charge in [0, 0.05) is 11.3 Å². The molecule has 2 aromatic heterocycles. The van der Waals surface area contributed by atoms with Crippen molar-refractivity contribution >= 4 is 56.7 Å². The molecule has 232 valence electrons. The highest BCUT2D eigenvalue weighted by Crippen LogP contribution is 2.55. The molecule has 1 unspecified atom stereocenters. The van der Waals surface area contributed by atoms with Crippen molar-refractivity contribution < 1.29 is 22.8 Å². The number of halogens is 2. The summed E-state index contributed by atoms with van der Waals surface area (Å²) in [5.41, 5.74) is 0.273. The van der Waals surface area contributed by atoms with Crippen LogP contribution in [0.5, 0.6) is 0 Å². The first kappa shape index (κ1) is 29.2. The molecule has 0 saturated heterocycles. The van der Waals surface area contributed by atoms with E-state index >= 15 is 4.79 Å². The van der Waals surface area contributed by atoms with Crippen molar-refractivity contribution in [2.24, 2.45) is 0 Å². The molecule has 4 aromatic carbocycles. The van der Waals surface area contributed by atoms with Gasteiger partial charge in [-0.3, -0.25) is 19.3 Å². The third-order valence-electron chi connectivity index (χ3n) is 8.57. The fraction of sp³-hybridized carbons (Fsp3) is 0.114. The van der Waals surface area contributed by atoms with Gasteiger partial charge in [-0.2, -0.15) is 0 Å². The fourth-order valence-corrected chi connectivity index (χ4v) is 8.23. The lowest BCUT2D eigenvalue weighted by molar-refractivity contribution is -0.121. The van der Waals surface area contributed by atoms with Crippen molar-refractivity contribution in [3.8, 4) is 0 Å². The minimum Gasteiger partial charge on any atom is -0.450 e. The number of para-hydroxylation sites is 1. The van der Waals surface area contributed by atoms with Crippen LogP contribution in [0.3, 0.4) is 0 Å². The zero-order valence-corrected chi connectivity index (χ0v) is 26.2. The van der Waals surface area contributed by atoms with Gasteiger partial charge in [0.25, 0.3) is 11.8 Å². The molecule has 0 aliphatic carbocycles. The SMILES string of the molecule is Cc1ccccc1CN1C(=O)C2(c3ccccc31)c1c(oc3ccc(F)cc3c1=O)C(=O)N2c1nnc(SCc2ccccc2F)s1. The number of rotatable bonds is 6. The molecule has 0 N–H and O–H groups in total. The maximum atomic E-state index is 15.1.